The molecule has 1 fully saturated rings. The van der Waals surface area contributed by atoms with Crippen LogP contribution < -0.4 is 10.6 Å². The van der Waals surface area contributed by atoms with Crippen LogP contribution in [0.5, 0.6) is 0 Å². The van der Waals surface area contributed by atoms with E-state index in [2.05, 4.69) is 38.6 Å². The molecule has 138 valence electrons. The van der Waals surface area contributed by atoms with Gasteiger partial charge in [-0.05, 0) is 50.2 Å². The molecule has 0 atom stereocenters. The van der Waals surface area contributed by atoms with Crippen molar-refractivity contribution in [3.63, 3.8) is 0 Å². The Kier molecular flexibility index (Phi) is 7.99. The Morgan fingerprint density at radius 3 is 2.72 bits per heavy atom. The number of fused-ring (bicyclic) bond motifs is 1. The molecule has 2 aromatic rings. The largest absolute Gasteiger partial charge is 0.356 e. The number of H-pyrrole nitrogens is 1. The summed E-state index contributed by atoms with van der Waals surface area (Å²) in [5.41, 5.74) is 2.16. The second-order valence-electron chi connectivity index (χ2n) is 6.90. The molecule has 0 radical (unpaired) electrons. The van der Waals surface area contributed by atoms with Crippen LogP contribution in [-0.4, -0.2) is 35.6 Å². The fourth-order valence-corrected chi connectivity index (χ4v) is 3.38. The summed E-state index contributed by atoms with van der Waals surface area (Å²) < 4.78 is 0. The number of aromatic nitrogens is 2. The molecular formula is C19H30IN5. The van der Waals surface area contributed by atoms with Gasteiger partial charge >= 0.3 is 0 Å². The highest BCUT2D eigenvalue weighted by Gasteiger charge is 2.18. The number of guanidine groups is 1. The van der Waals surface area contributed by atoms with Gasteiger partial charge in [0, 0.05) is 26.1 Å². The number of aliphatic imine (C=N–C) groups is 1. The lowest BCUT2D eigenvalue weighted by atomic mass is 9.87. The van der Waals surface area contributed by atoms with E-state index in [1.807, 2.05) is 25.2 Å². The van der Waals surface area contributed by atoms with Gasteiger partial charge in [0.2, 0.25) is 0 Å². The van der Waals surface area contributed by atoms with Gasteiger partial charge in [-0.1, -0.05) is 19.1 Å². The lowest BCUT2D eigenvalue weighted by molar-refractivity contribution is 0.329. The van der Waals surface area contributed by atoms with E-state index < -0.39 is 0 Å². The minimum atomic E-state index is 0. The van der Waals surface area contributed by atoms with E-state index in [4.69, 9.17) is 0 Å². The van der Waals surface area contributed by atoms with Crippen LogP contribution in [0.3, 0.4) is 0 Å². The predicted molar refractivity (Wildman–Crippen MR) is 116 cm³/mol. The molecule has 0 saturated heterocycles. The number of nitrogens with zero attached hydrogens (tertiary/aromatic N) is 2. The van der Waals surface area contributed by atoms with Crippen LogP contribution >= 0.6 is 24.0 Å². The molecule has 6 heteroatoms. The van der Waals surface area contributed by atoms with Crippen molar-refractivity contribution in [1.29, 1.82) is 0 Å². The van der Waals surface area contributed by atoms with Gasteiger partial charge < -0.3 is 15.6 Å². The number of benzene rings is 1. The summed E-state index contributed by atoms with van der Waals surface area (Å²) in [6, 6.07) is 8.75. The van der Waals surface area contributed by atoms with Crippen molar-refractivity contribution in [2.24, 2.45) is 10.9 Å². The molecule has 0 amide bonds. The van der Waals surface area contributed by atoms with Crippen molar-refractivity contribution in [2.45, 2.75) is 51.5 Å². The molecule has 0 bridgehead atoms. The number of halogens is 1. The molecule has 1 heterocycles. The first-order valence-corrected chi connectivity index (χ1v) is 9.15. The summed E-state index contributed by atoms with van der Waals surface area (Å²) >= 11 is 0. The Morgan fingerprint density at radius 1 is 1.24 bits per heavy atom. The van der Waals surface area contributed by atoms with Crippen LogP contribution in [0, 0.1) is 5.92 Å². The molecule has 25 heavy (non-hydrogen) atoms. The molecule has 5 nitrogen and oxygen atoms in total. The van der Waals surface area contributed by atoms with Crippen molar-refractivity contribution in [2.75, 3.05) is 13.6 Å². The summed E-state index contributed by atoms with van der Waals surface area (Å²) in [5, 5.41) is 6.99. The number of nitrogens with one attached hydrogen (secondary N) is 3. The zero-order chi connectivity index (χ0) is 16.8. The molecule has 3 N–H and O–H groups in total. The molecule has 0 spiro atoms. The highest BCUT2D eigenvalue weighted by molar-refractivity contribution is 14.0. The summed E-state index contributed by atoms with van der Waals surface area (Å²) in [6.45, 7) is 3.25. The molecule has 1 aromatic heterocycles. The maximum atomic E-state index is 4.62. The van der Waals surface area contributed by atoms with Crippen LogP contribution in [-0.2, 0) is 6.42 Å². The van der Waals surface area contributed by atoms with Gasteiger partial charge in [-0.3, -0.25) is 4.99 Å². The number of imidazole rings is 1. The first kappa shape index (κ1) is 20.0. The van der Waals surface area contributed by atoms with Gasteiger partial charge in [-0.2, -0.15) is 0 Å². The molecule has 1 saturated carbocycles. The second-order valence-corrected chi connectivity index (χ2v) is 6.90. The lowest BCUT2D eigenvalue weighted by Gasteiger charge is -2.28. The van der Waals surface area contributed by atoms with Gasteiger partial charge in [0.1, 0.15) is 5.82 Å². The Morgan fingerprint density at radius 2 is 2.00 bits per heavy atom. The summed E-state index contributed by atoms with van der Waals surface area (Å²) in [4.78, 5) is 12.4. The number of aromatic amines is 1. The normalized spacial score (nSPS) is 21.0. The average Bonchev–Trinajstić information content (AvgIpc) is 3.02. The molecule has 1 aromatic carbocycles. The van der Waals surface area contributed by atoms with Gasteiger partial charge in [0.25, 0.3) is 0 Å². The van der Waals surface area contributed by atoms with Crippen molar-refractivity contribution in [3.05, 3.63) is 30.1 Å². The fourth-order valence-electron chi connectivity index (χ4n) is 3.38. The first-order valence-electron chi connectivity index (χ1n) is 9.15. The molecule has 1 aliphatic carbocycles. The monoisotopic (exact) mass is 455 g/mol. The van der Waals surface area contributed by atoms with E-state index in [-0.39, 0.29) is 24.0 Å². The average molecular weight is 455 g/mol. The van der Waals surface area contributed by atoms with E-state index >= 15 is 0 Å². The third-order valence-electron chi connectivity index (χ3n) is 4.90. The minimum absolute atomic E-state index is 0. The number of rotatable bonds is 5. The van der Waals surface area contributed by atoms with Crippen molar-refractivity contribution >= 4 is 41.0 Å². The van der Waals surface area contributed by atoms with Crippen molar-refractivity contribution in [3.8, 4) is 0 Å². The number of hydrogen-bond acceptors (Lipinski definition) is 2. The van der Waals surface area contributed by atoms with E-state index in [1.165, 1.54) is 25.7 Å². The summed E-state index contributed by atoms with van der Waals surface area (Å²) in [5.74, 6) is 2.86. The third-order valence-corrected chi connectivity index (χ3v) is 4.90. The van der Waals surface area contributed by atoms with Crippen LogP contribution in [0.15, 0.2) is 29.3 Å². The highest BCUT2D eigenvalue weighted by atomic mass is 127. The van der Waals surface area contributed by atoms with Gasteiger partial charge in [-0.25, -0.2) is 4.98 Å². The Bertz CT molecular complexity index is 640. The molecule has 1 aliphatic rings. The fraction of sp³-hybridized carbons (Fsp3) is 0.579. The van der Waals surface area contributed by atoms with E-state index in [0.717, 1.165) is 48.1 Å². The predicted octanol–water partition coefficient (Wildman–Crippen LogP) is 3.86. The molecule has 0 aliphatic heterocycles. The highest BCUT2D eigenvalue weighted by Crippen LogP contribution is 2.23. The maximum absolute atomic E-state index is 4.62. The topological polar surface area (TPSA) is 65.1 Å². The van der Waals surface area contributed by atoms with Crippen molar-refractivity contribution in [1.82, 2.24) is 20.6 Å². The first-order chi connectivity index (χ1) is 11.7. The maximum Gasteiger partial charge on any atom is 0.191 e. The number of aryl methyl sites for hydroxylation is 1. The Hall–Kier alpha value is -1.31. The second kappa shape index (κ2) is 9.99. The van der Waals surface area contributed by atoms with Crippen LogP contribution in [0.25, 0.3) is 11.0 Å². The smallest absolute Gasteiger partial charge is 0.191 e. The molecule has 0 unspecified atom stereocenters. The summed E-state index contributed by atoms with van der Waals surface area (Å²) in [7, 11) is 1.85. The van der Waals surface area contributed by atoms with E-state index in [1.54, 1.807) is 0 Å². The van der Waals surface area contributed by atoms with E-state index in [0.29, 0.717) is 6.04 Å². The Balaban J connectivity index is 0.00000225. The zero-order valence-corrected chi connectivity index (χ0v) is 17.5. The number of para-hydroxylation sites is 2. The van der Waals surface area contributed by atoms with Gasteiger partial charge in [0.05, 0.1) is 11.0 Å². The van der Waals surface area contributed by atoms with Gasteiger partial charge in [0.15, 0.2) is 5.96 Å². The molecule has 3 rings (SSSR count). The standard InChI is InChI=1S/C19H29N5.HI/c1-14-9-11-15(12-10-14)22-19(20-2)21-13-5-8-18-23-16-6-3-4-7-17(16)24-18;/h3-4,6-7,14-15H,5,8-13H2,1-2H3,(H,23,24)(H2,20,21,22);1H. The lowest BCUT2D eigenvalue weighted by Crippen LogP contribution is -2.45. The SMILES string of the molecule is CN=C(NCCCc1nc2ccccc2[nH]1)NC1CCC(C)CC1.I. The molecular weight excluding hydrogens is 425 g/mol. The van der Waals surface area contributed by atoms with Gasteiger partial charge in [-0.15, -0.1) is 24.0 Å². The third kappa shape index (κ3) is 5.87. The van der Waals surface area contributed by atoms with Crippen LogP contribution in [0.2, 0.25) is 0 Å². The minimum Gasteiger partial charge on any atom is -0.356 e. The number of hydrogen-bond donors (Lipinski definition) is 3. The zero-order valence-electron chi connectivity index (χ0n) is 15.2. The van der Waals surface area contributed by atoms with Crippen LogP contribution in [0.1, 0.15) is 44.9 Å². The quantitative estimate of drug-likeness (QED) is 0.278. The summed E-state index contributed by atoms with van der Waals surface area (Å²) in [6.07, 6.45) is 7.12. The van der Waals surface area contributed by atoms with Crippen LogP contribution in [0.4, 0.5) is 0 Å². The Labute approximate surface area is 167 Å². The van der Waals surface area contributed by atoms with Crippen molar-refractivity contribution < 1.29 is 0 Å². The van der Waals surface area contributed by atoms with E-state index in [9.17, 15) is 0 Å².